The monoisotopic (exact) mass is 296 g/mol. The van der Waals surface area contributed by atoms with Crippen LogP contribution in [0.5, 0.6) is 0 Å². The molecule has 0 aromatic carbocycles. The third kappa shape index (κ3) is 5.37. The molecule has 21 heavy (non-hydrogen) atoms. The summed E-state index contributed by atoms with van der Waals surface area (Å²) in [6.45, 7) is 3.83. The Hall–Kier alpha value is -2.18. The minimum Gasteiger partial charge on any atom is -0.469 e. The molecule has 0 amide bonds. The van der Waals surface area contributed by atoms with E-state index in [2.05, 4.69) is 9.84 Å². The Morgan fingerprint density at radius 1 is 1.29 bits per heavy atom. The van der Waals surface area contributed by atoms with Crippen molar-refractivity contribution in [1.82, 2.24) is 9.78 Å². The van der Waals surface area contributed by atoms with Crippen molar-refractivity contribution in [3.63, 3.8) is 0 Å². The fraction of sp³-hybridized carbons (Fsp3) is 0.571. The summed E-state index contributed by atoms with van der Waals surface area (Å²) in [6, 6.07) is 1.58. The number of Topliss-reactive ketones (excluding diaryl/α,β-unsaturated/α-hetero) is 1. The third-order valence-electron chi connectivity index (χ3n) is 2.86. The van der Waals surface area contributed by atoms with Crippen LogP contribution in [0.15, 0.2) is 6.07 Å². The minimum absolute atomic E-state index is 0.0551. The number of ether oxygens (including phenoxy) is 2. The van der Waals surface area contributed by atoms with Crippen LogP contribution in [-0.4, -0.2) is 41.2 Å². The first kappa shape index (κ1) is 16.9. The summed E-state index contributed by atoms with van der Waals surface area (Å²) in [5, 5.41) is 4.06. The van der Waals surface area contributed by atoms with E-state index in [0.29, 0.717) is 12.1 Å². The van der Waals surface area contributed by atoms with Gasteiger partial charge in [-0.25, -0.2) is 4.79 Å². The highest BCUT2D eigenvalue weighted by atomic mass is 16.5. The van der Waals surface area contributed by atoms with Gasteiger partial charge in [-0.15, -0.1) is 0 Å². The molecule has 1 aromatic rings. The van der Waals surface area contributed by atoms with Crippen LogP contribution in [0.1, 0.15) is 42.4 Å². The number of ketones is 1. The van der Waals surface area contributed by atoms with Gasteiger partial charge in [-0.1, -0.05) is 0 Å². The molecule has 0 radical (unpaired) electrons. The maximum absolute atomic E-state index is 11.8. The summed E-state index contributed by atoms with van der Waals surface area (Å²) in [6.07, 6.45) is 0.925. The van der Waals surface area contributed by atoms with Gasteiger partial charge < -0.3 is 9.47 Å². The van der Waals surface area contributed by atoms with Crippen LogP contribution < -0.4 is 0 Å². The van der Waals surface area contributed by atoms with E-state index in [1.165, 1.54) is 11.8 Å². The number of nitrogens with zero attached hydrogens (tertiary/aromatic N) is 2. The summed E-state index contributed by atoms with van der Waals surface area (Å²) in [5.74, 6) is -0.888. The molecule has 0 fully saturated rings. The topological polar surface area (TPSA) is 87.5 Å². The number of hydrogen-bond acceptors (Lipinski definition) is 6. The number of aromatic nitrogens is 2. The summed E-state index contributed by atoms with van der Waals surface area (Å²) in [5.41, 5.74) is 0.899. The Morgan fingerprint density at radius 2 is 2.00 bits per heavy atom. The second-order valence-corrected chi connectivity index (χ2v) is 4.52. The van der Waals surface area contributed by atoms with E-state index < -0.39 is 5.97 Å². The number of hydrogen-bond donors (Lipinski definition) is 0. The van der Waals surface area contributed by atoms with Crippen molar-refractivity contribution in [3.8, 4) is 0 Å². The fourth-order valence-electron chi connectivity index (χ4n) is 1.75. The highest BCUT2D eigenvalue weighted by molar-refractivity contribution is 5.87. The lowest BCUT2D eigenvalue weighted by molar-refractivity contribution is -0.140. The molecule has 0 aliphatic heterocycles. The van der Waals surface area contributed by atoms with Crippen molar-refractivity contribution in [2.45, 2.75) is 39.7 Å². The summed E-state index contributed by atoms with van der Waals surface area (Å²) in [7, 11) is 1.31. The molecule has 0 bridgehead atoms. The van der Waals surface area contributed by atoms with Gasteiger partial charge >= 0.3 is 11.9 Å². The van der Waals surface area contributed by atoms with E-state index in [9.17, 15) is 14.4 Å². The molecule has 7 nitrogen and oxygen atoms in total. The molecule has 116 valence electrons. The van der Waals surface area contributed by atoms with Crippen molar-refractivity contribution < 1.29 is 23.9 Å². The van der Waals surface area contributed by atoms with Gasteiger partial charge in [-0.2, -0.15) is 5.10 Å². The molecule has 7 heteroatoms. The first-order valence-corrected chi connectivity index (χ1v) is 6.78. The highest BCUT2D eigenvalue weighted by Gasteiger charge is 2.15. The van der Waals surface area contributed by atoms with Gasteiger partial charge in [0.15, 0.2) is 11.5 Å². The lowest BCUT2D eigenvalue weighted by atomic mass is 10.2. The Balaban J connectivity index is 2.52. The predicted octanol–water partition coefficient (Wildman–Crippen LogP) is 1.28. The number of carbonyl (C=O) groups is 3. The van der Waals surface area contributed by atoms with Gasteiger partial charge in [0.25, 0.3) is 0 Å². The number of esters is 2. The first-order chi connectivity index (χ1) is 9.97. The smallest absolute Gasteiger partial charge is 0.358 e. The minimum atomic E-state index is -0.502. The third-order valence-corrected chi connectivity index (χ3v) is 2.86. The van der Waals surface area contributed by atoms with Crippen LogP contribution in [0, 0.1) is 6.92 Å². The number of methoxy groups -OCH3 is 1. The van der Waals surface area contributed by atoms with Crippen LogP contribution in [-0.2, 0) is 25.6 Å². The van der Waals surface area contributed by atoms with E-state index in [0.717, 1.165) is 0 Å². The molecule has 1 heterocycles. The molecular weight excluding hydrogens is 276 g/mol. The molecule has 0 spiro atoms. The quantitative estimate of drug-likeness (QED) is 0.672. The zero-order chi connectivity index (χ0) is 15.8. The van der Waals surface area contributed by atoms with Gasteiger partial charge in [0.05, 0.1) is 20.3 Å². The van der Waals surface area contributed by atoms with Gasteiger partial charge in [0, 0.05) is 18.5 Å². The fourth-order valence-corrected chi connectivity index (χ4v) is 1.75. The normalized spacial score (nSPS) is 10.2. The average molecular weight is 296 g/mol. The van der Waals surface area contributed by atoms with Crippen molar-refractivity contribution in [1.29, 1.82) is 0 Å². The van der Waals surface area contributed by atoms with Gasteiger partial charge in [-0.3, -0.25) is 14.3 Å². The number of rotatable bonds is 8. The van der Waals surface area contributed by atoms with Crippen molar-refractivity contribution in [2.75, 3.05) is 13.7 Å². The lowest BCUT2D eigenvalue weighted by Crippen LogP contribution is -2.14. The maximum Gasteiger partial charge on any atom is 0.358 e. The average Bonchev–Trinajstić information content (AvgIpc) is 2.80. The van der Waals surface area contributed by atoms with E-state index in [1.54, 1.807) is 19.9 Å². The maximum atomic E-state index is 11.8. The number of aryl methyl sites for hydroxylation is 1. The van der Waals surface area contributed by atoms with Crippen LogP contribution in [0.2, 0.25) is 0 Å². The molecule has 0 aliphatic carbocycles. The molecule has 0 saturated heterocycles. The molecule has 1 aromatic heterocycles. The standard InChI is InChI=1S/C14H20N2O5/c1-4-21-14(19)12-8-10(2)16(15-12)9-11(17)6-5-7-13(18)20-3/h8H,4-7,9H2,1-3H3. The van der Waals surface area contributed by atoms with Crippen LogP contribution >= 0.6 is 0 Å². The van der Waals surface area contributed by atoms with Crippen LogP contribution in [0.4, 0.5) is 0 Å². The Bertz CT molecular complexity index is 521. The number of carbonyl (C=O) groups excluding carboxylic acids is 3. The summed E-state index contributed by atoms with van der Waals surface area (Å²) in [4.78, 5) is 34.3. The largest absolute Gasteiger partial charge is 0.469 e. The van der Waals surface area contributed by atoms with Crippen molar-refractivity contribution >= 4 is 17.7 Å². The van der Waals surface area contributed by atoms with E-state index in [1.807, 2.05) is 0 Å². The van der Waals surface area contributed by atoms with E-state index in [-0.39, 0.29) is 43.4 Å². The zero-order valence-electron chi connectivity index (χ0n) is 12.5. The van der Waals surface area contributed by atoms with Gasteiger partial charge in [0.2, 0.25) is 0 Å². The Kier molecular flexibility index (Phi) is 6.58. The zero-order valence-corrected chi connectivity index (χ0v) is 12.5. The van der Waals surface area contributed by atoms with Crippen molar-refractivity contribution in [2.24, 2.45) is 0 Å². The predicted molar refractivity (Wildman–Crippen MR) is 73.8 cm³/mol. The summed E-state index contributed by atoms with van der Waals surface area (Å²) < 4.78 is 10.8. The molecule has 1 rings (SSSR count). The van der Waals surface area contributed by atoms with E-state index >= 15 is 0 Å². The first-order valence-electron chi connectivity index (χ1n) is 6.78. The van der Waals surface area contributed by atoms with Gasteiger partial charge in [0.1, 0.15) is 0 Å². The Labute approximate surface area is 123 Å². The molecule has 0 unspecified atom stereocenters. The van der Waals surface area contributed by atoms with Crippen LogP contribution in [0.3, 0.4) is 0 Å². The SMILES string of the molecule is CCOC(=O)c1cc(C)n(CC(=O)CCCC(=O)OC)n1. The van der Waals surface area contributed by atoms with E-state index in [4.69, 9.17) is 4.74 Å². The molecule has 0 N–H and O–H groups in total. The molecule has 0 aliphatic rings. The lowest BCUT2D eigenvalue weighted by Gasteiger charge is -2.03. The second-order valence-electron chi connectivity index (χ2n) is 4.52. The van der Waals surface area contributed by atoms with Gasteiger partial charge in [-0.05, 0) is 26.3 Å². The van der Waals surface area contributed by atoms with Crippen molar-refractivity contribution in [3.05, 3.63) is 17.5 Å². The molecular formula is C14H20N2O5. The molecule has 0 saturated carbocycles. The second kappa shape index (κ2) is 8.18. The molecule has 0 atom stereocenters. The Morgan fingerprint density at radius 3 is 2.62 bits per heavy atom. The van der Waals surface area contributed by atoms with Crippen LogP contribution in [0.25, 0.3) is 0 Å². The highest BCUT2D eigenvalue weighted by Crippen LogP contribution is 2.07. The summed E-state index contributed by atoms with van der Waals surface area (Å²) >= 11 is 0.